The summed E-state index contributed by atoms with van der Waals surface area (Å²) in [5.74, 6) is 4.50. The second kappa shape index (κ2) is 8.90. The van der Waals surface area contributed by atoms with Crippen LogP contribution in [0.5, 0.6) is 0 Å². The molecule has 0 amide bonds. The number of hydrogen-bond donors (Lipinski definition) is 2. The number of rotatable bonds is 4. The molecule has 0 aliphatic carbocycles. The molecule has 0 bridgehead atoms. The number of hydrogen-bond acceptors (Lipinski definition) is 5. The maximum atomic E-state index is 13.3. The van der Waals surface area contributed by atoms with Gasteiger partial charge in [0.2, 0.25) is 0 Å². The van der Waals surface area contributed by atoms with Crippen molar-refractivity contribution in [2.24, 2.45) is 0 Å². The molecule has 0 spiro atoms. The topological polar surface area (TPSA) is 109 Å². The van der Waals surface area contributed by atoms with E-state index < -0.39 is 16.0 Å². The van der Waals surface area contributed by atoms with Gasteiger partial charge in [0.15, 0.2) is 0 Å². The van der Waals surface area contributed by atoms with Gasteiger partial charge in [-0.1, -0.05) is 53.8 Å². The number of benzene rings is 2. The van der Waals surface area contributed by atoms with Gasteiger partial charge in [0, 0.05) is 23.3 Å². The highest BCUT2D eigenvalue weighted by Crippen LogP contribution is 2.27. The molecule has 9 heteroatoms. The number of sulfonamides is 1. The Morgan fingerprint density at radius 1 is 1.03 bits per heavy atom. The molecule has 2 N–H and O–H groups in total. The fraction of sp³-hybridized carbons (Fsp3) is 0.0417. The van der Waals surface area contributed by atoms with Crippen LogP contribution in [0.4, 0.5) is 5.69 Å². The van der Waals surface area contributed by atoms with E-state index in [0.29, 0.717) is 27.6 Å². The molecule has 4 aromatic rings. The maximum Gasteiger partial charge on any atom is 0.354 e. The normalized spacial score (nSPS) is 11.0. The van der Waals surface area contributed by atoms with Gasteiger partial charge in [-0.25, -0.2) is 18.2 Å². The highest BCUT2D eigenvalue weighted by atomic mass is 35.5. The lowest BCUT2D eigenvalue weighted by Gasteiger charge is -2.13. The molecule has 0 aliphatic rings. The molecular weight excluding hydrogens is 462 g/mol. The molecule has 2 aromatic heterocycles. The van der Waals surface area contributed by atoms with Crippen LogP contribution in [0.15, 0.2) is 71.9 Å². The fourth-order valence-electron chi connectivity index (χ4n) is 3.21. The summed E-state index contributed by atoms with van der Waals surface area (Å²) in [4.78, 5) is 19.2. The van der Waals surface area contributed by atoms with Gasteiger partial charge >= 0.3 is 5.97 Å². The SMILES string of the molecule is Cc1ccc2cccnc2c1S(=O)(=O)Nc1ccccc1C#Cc1cnc(C(=O)O)cc1Cl. The van der Waals surface area contributed by atoms with Crippen LogP contribution in [0, 0.1) is 18.8 Å². The van der Waals surface area contributed by atoms with Crippen LogP contribution >= 0.6 is 11.6 Å². The summed E-state index contributed by atoms with van der Waals surface area (Å²) in [6.45, 7) is 1.71. The molecule has 7 nitrogen and oxygen atoms in total. The maximum absolute atomic E-state index is 13.3. The van der Waals surface area contributed by atoms with Crippen LogP contribution < -0.4 is 4.72 Å². The van der Waals surface area contributed by atoms with Crippen LogP contribution in [0.1, 0.15) is 27.2 Å². The number of carboxylic acids is 1. The van der Waals surface area contributed by atoms with E-state index in [0.717, 1.165) is 0 Å². The first kappa shape index (κ1) is 22.3. The smallest absolute Gasteiger partial charge is 0.354 e. The molecule has 0 saturated heterocycles. The quantitative estimate of drug-likeness (QED) is 0.419. The number of aryl methyl sites for hydroxylation is 1. The molecular formula is C24H16ClN3O4S. The summed E-state index contributed by atoms with van der Waals surface area (Å²) >= 11 is 6.11. The van der Waals surface area contributed by atoms with Gasteiger partial charge in [-0.05, 0) is 36.8 Å². The Morgan fingerprint density at radius 3 is 2.55 bits per heavy atom. The van der Waals surface area contributed by atoms with Gasteiger partial charge in [-0.15, -0.1) is 0 Å². The van der Waals surface area contributed by atoms with Crippen molar-refractivity contribution in [2.75, 3.05) is 4.72 Å². The highest BCUT2D eigenvalue weighted by molar-refractivity contribution is 7.93. The zero-order valence-corrected chi connectivity index (χ0v) is 18.8. The lowest BCUT2D eigenvalue weighted by atomic mass is 10.1. The number of carbonyl (C=O) groups is 1. The number of pyridine rings is 2. The molecule has 0 atom stereocenters. The summed E-state index contributed by atoms with van der Waals surface area (Å²) < 4.78 is 29.3. The average Bonchev–Trinajstić information content (AvgIpc) is 2.78. The molecule has 0 aliphatic heterocycles. The van der Waals surface area contributed by atoms with Crippen molar-refractivity contribution in [1.82, 2.24) is 9.97 Å². The Kier molecular flexibility index (Phi) is 6.01. The minimum atomic E-state index is -3.98. The van der Waals surface area contributed by atoms with Gasteiger partial charge in [0.25, 0.3) is 10.0 Å². The zero-order valence-electron chi connectivity index (χ0n) is 17.2. The third-order valence-electron chi connectivity index (χ3n) is 4.77. The molecule has 2 aromatic carbocycles. The van der Waals surface area contributed by atoms with Crippen molar-refractivity contribution in [3.8, 4) is 11.8 Å². The van der Waals surface area contributed by atoms with Crippen LogP contribution in [0.3, 0.4) is 0 Å². The third kappa shape index (κ3) is 4.65. The number of anilines is 1. The van der Waals surface area contributed by atoms with E-state index in [4.69, 9.17) is 16.7 Å². The predicted molar refractivity (Wildman–Crippen MR) is 126 cm³/mol. The molecule has 164 valence electrons. The van der Waals surface area contributed by atoms with Gasteiger partial charge < -0.3 is 5.11 Å². The number of nitrogens with zero attached hydrogens (tertiary/aromatic N) is 2. The Bertz CT molecular complexity index is 1570. The third-order valence-corrected chi connectivity index (χ3v) is 6.62. The molecule has 0 unspecified atom stereocenters. The van der Waals surface area contributed by atoms with Gasteiger partial charge in [-0.3, -0.25) is 9.71 Å². The lowest BCUT2D eigenvalue weighted by Crippen LogP contribution is -2.16. The molecule has 0 radical (unpaired) electrons. The van der Waals surface area contributed by atoms with E-state index in [1.54, 1.807) is 55.6 Å². The van der Waals surface area contributed by atoms with Crippen molar-refractivity contribution >= 4 is 44.2 Å². The van der Waals surface area contributed by atoms with Crippen molar-refractivity contribution in [3.63, 3.8) is 0 Å². The minimum Gasteiger partial charge on any atom is -0.477 e. The number of halogens is 1. The first-order valence-electron chi connectivity index (χ1n) is 9.63. The van der Waals surface area contributed by atoms with Gasteiger partial charge in [0.05, 0.1) is 21.8 Å². The highest BCUT2D eigenvalue weighted by Gasteiger charge is 2.22. The average molecular weight is 478 g/mol. The van der Waals surface area contributed by atoms with Crippen molar-refractivity contribution in [1.29, 1.82) is 0 Å². The van der Waals surface area contributed by atoms with Gasteiger partial charge in [0.1, 0.15) is 10.6 Å². The zero-order chi connectivity index (χ0) is 23.6. The molecule has 2 heterocycles. The second-order valence-electron chi connectivity index (χ2n) is 7.04. The van der Waals surface area contributed by atoms with Crippen LogP contribution in [-0.4, -0.2) is 29.5 Å². The summed E-state index contributed by atoms with van der Waals surface area (Å²) in [7, 11) is -3.98. The molecule has 33 heavy (non-hydrogen) atoms. The van der Waals surface area contributed by atoms with E-state index in [1.807, 2.05) is 6.07 Å². The first-order valence-corrected chi connectivity index (χ1v) is 11.5. The Labute approximate surface area is 195 Å². The summed E-state index contributed by atoms with van der Waals surface area (Å²) in [5.41, 5.74) is 1.75. The number of aromatic carboxylic acids is 1. The number of nitrogens with one attached hydrogen (secondary N) is 1. The van der Waals surface area contributed by atoms with Crippen LogP contribution in [-0.2, 0) is 10.0 Å². The summed E-state index contributed by atoms with van der Waals surface area (Å²) in [5, 5.41) is 9.85. The van der Waals surface area contributed by atoms with Crippen LogP contribution in [0.2, 0.25) is 5.02 Å². The number of carboxylic acid groups (broad SMARTS) is 1. The summed E-state index contributed by atoms with van der Waals surface area (Å²) in [6.07, 6.45) is 2.81. The summed E-state index contributed by atoms with van der Waals surface area (Å²) in [6, 6.07) is 15.0. The largest absolute Gasteiger partial charge is 0.477 e. The first-order chi connectivity index (χ1) is 15.8. The lowest BCUT2D eigenvalue weighted by molar-refractivity contribution is 0.0690. The molecule has 4 rings (SSSR count). The number of fused-ring (bicyclic) bond motifs is 1. The van der Waals surface area contributed by atoms with Crippen molar-refractivity contribution in [2.45, 2.75) is 11.8 Å². The van der Waals surface area contributed by atoms with E-state index in [-0.39, 0.29) is 21.3 Å². The second-order valence-corrected chi connectivity index (χ2v) is 9.07. The number of aromatic nitrogens is 2. The van der Waals surface area contributed by atoms with Crippen molar-refractivity contribution < 1.29 is 18.3 Å². The Hall–Kier alpha value is -3.93. The van der Waals surface area contributed by atoms with Gasteiger partial charge in [-0.2, -0.15) is 0 Å². The monoisotopic (exact) mass is 477 g/mol. The van der Waals surface area contributed by atoms with E-state index >= 15 is 0 Å². The van der Waals surface area contributed by atoms with Crippen LogP contribution in [0.25, 0.3) is 10.9 Å². The predicted octanol–water partition coefficient (Wildman–Crippen LogP) is 4.49. The molecule has 0 fully saturated rings. The van der Waals surface area contributed by atoms with E-state index in [9.17, 15) is 13.2 Å². The van der Waals surface area contributed by atoms with E-state index in [1.165, 1.54) is 12.3 Å². The standard InChI is InChI=1S/C24H16ClN3O4S/c1-15-8-9-17-6-4-12-26-22(17)23(15)33(31,32)28-20-7-3-2-5-16(20)10-11-18-14-27-21(24(29)30)13-19(18)25/h2-9,12-14,28H,1H3,(H,29,30). The Balaban J connectivity index is 1.73. The number of para-hydroxylation sites is 1. The van der Waals surface area contributed by atoms with Crippen molar-refractivity contribution in [3.05, 3.63) is 94.4 Å². The molecule has 0 saturated carbocycles. The Morgan fingerprint density at radius 2 is 1.79 bits per heavy atom. The minimum absolute atomic E-state index is 0.0971. The fourth-order valence-corrected chi connectivity index (χ4v) is 4.90. The van der Waals surface area contributed by atoms with E-state index in [2.05, 4.69) is 26.5 Å².